The summed E-state index contributed by atoms with van der Waals surface area (Å²) in [6.07, 6.45) is 1.41. The van der Waals surface area contributed by atoms with Crippen LogP contribution in [-0.4, -0.2) is 23.7 Å². The van der Waals surface area contributed by atoms with E-state index in [0.717, 1.165) is 11.1 Å². The normalized spacial score (nSPS) is 10.9. The molecule has 0 bridgehead atoms. The Labute approximate surface area is 151 Å². The molecule has 1 N–H and O–H groups in total. The van der Waals surface area contributed by atoms with E-state index in [1.165, 1.54) is 18.3 Å². The van der Waals surface area contributed by atoms with Crippen molar-refractivity contribution >= 4 is 17.8 Å². The number of nitrogens with zero attached hydrogens (tertiary/aromatic N) is 2. The van der Waals surface area contributed by atoms with Crippen LogP contribution >= 0.6 is 0 Å². The molecule has 26 heavy (non-hydrogen) atoms. The van der Waals surface area contributed by atoms with Crippen LogP contribution in [0.4, 0.5) is 5.69 Å². The highest BCUT2D eigenvalue weighted by Gasteiger charge is 2.10. The number of aryl methyl sites for hydroxylation is 1. The number of amides is 1. The lowest BCUT2D eigenvalue weighted by Crippen LogP contribution is -2.25. The minimum atomic E-state index is -0.475. The molecule has 0 saturated carbocycles. The van der Waals surface area contributed by atoms with Crippen LogP contribution in [0, 0.1) is 17.0 Å². The van der Waals surface area contributed by atoms with E-state index in [2.05, 4.69) is 24.4 Å². The molecule has 2 aromatic rings. The first-order valence-electron chi connectivity index (χ1n) is 8.16. The maximum Gasteiger partial charge on any atom is 0.277 e. The minimum absolute atomic E-state index is 0.00121. The minimum Gasteiger partial charge on any atom is -0.483 e. The van der Waals surface area contributed by atoms with Crippen molar-refractivity contribution in [3.8, 4) is 5.75 Å². The summed E-state index contributed by atoms with van der Waals surface area (Å²) in [5.41, 5.74) is 5.11. The summed E-state index contributed by atoms with van der Waals surface area (Å²) in [7, 11) is 0. The van der Waals surface area contributed by atoms with Crippen molar-refractivity contribution in [2.75, 3.05) is 6.61 Å². The molecule has 0 heterocycles. The Balaban J connectivity index is 1.89. The second-order valence-corrected chi connectivity index (χ2v) is 6.13. The second-order valence-electron chi connectivity index (χ2n) is 6.13. The van der Waals surface area contributed by atoms with Gasteiger partial charge in [0.2, 0.25) is 0 Å². The number of nitro benzene ring substituents is 1. The van der Waals surface area contributed by atoms with Gasteiger partial charge in [-0.1, -0.05) is 26.0 Å². The summed E-state index contributed by atoms with van der Waals surface area (Å²) in [4.78, 5) is 22.0. The number of carbonyl (C=O) groups excluding carboxylic acids is 1. The van der Waals surface area contributed by atoms with Crippen LogP contribution in [0.2, 0.25) is 0 Å². The fraction of sp³-hybridized carbons (Fsp3) is 0.263. The molecular weight excluding hydrogens is 334 g/mol. The molecule has 2 aromatic carbocycles. The molecule has 0 atom stereocenters. The fourth-order valence-corrected chi connectivity index (χ4v) is 2.28. The highest BCUT2D eigenvalue weighted by molar-refractivity contribution is 5.83. The Morgan fingerprint density at radius 3 is 2.58 bits per heavy atom. The van der Waals surface area contributed by atoms with Gasteiger partial charge in [-0.05, 0) is 47.7 Å². The third kappa shape index (κ3) is 5.41. The van der Waals surface area contributed by atoms with Crippen molar-refractivity contribution in [3.63, 3.8) is 0 Å². The Kier molecular flexibility index (Phi) is 6.43. The van der Waals surface area contributed by atoms with E-state index in [9.17, 15) is 14.9 Å². The highest BCUT2D eigenvalue weighted by Crippen LogP contribution is 2.27. The first kappa shape index (κ1) is 19.1. The lowest BCUT2D eigenvalue weighted by atomic mass is 10.0. The van der Waals surface area contributed by atoms with Gasteiger partial charge in [-0.2, -0.15) is 5.10 Å². The zero-order chi connectivity index (χ0) is 19.1. The number of hydrogen-bond donors (Lipinski definition) is 1. The van der Waals surface area contributed by atoms with E-state index in [-0.39, 0.29) is 24.1 Å². The van der Waals surface area contributed by atoms with Crippen LogP contribution in [0.25, 0.3) is 0 Å². The molecule has 0 aromatic heterocycles. The van der Waals surface area contributed by atoms with Crippen LogP contribution < -0.4 is 10.2 Å². The van der Waals surface area contributed by atoms with Crippen LogP contribution in [0.1, 0.15) is 36.5 Å². The maximum absolute atomic E-state index is 11.9. The van der Waals surface area contributed by atoms with Gasteiger partial charge in [-0.25, -0.2) is 5.43 Å². The number of hydrazone groups is 1. The van der Waals surface area contributed by atoms with Crippen molar-refractivity contribution in [2.45, 2.75) is 26.7 Å². The first-order chi connectivity index (χ1) is 12.4. The van der Waals surface area contributed by atoms with Crippen LogP contribution in [0.3, 0.4) is 0 Å². The van der Waals surface area contributed by atoms with E-state index in [1.54, 1.807) is 12.1 Å². The lowest BCUT2D eigenvalue weighted by Gasteiger charge is -2.14. The van der Waals surface area contributed by atoms with Gasteiger partial charge in [0, 0.05) is 12.1 Å². The predicted molar refractivity (Wildman–Crippen MR) is 99.6 cm³/mol. The van der Waals surface area contributed by atoms with E-state index >= 15 is 0 Å². The van der Waals surface area contributed by atoms with Gasteiger partial charge in [0.05, 0.1) is 11.1 Å². The van der Waals surface area contributed by atoms with Gasteiger partial charge in [0.1, 0.15) is 5.75 Å². The zero-order valence-electron chi connectivity index (χ0n) is 14.9. The SMILES string of the molecule is Cc1ccc(C(C)C)c(OCC(=O)NN=Cc2ccc([N+](=O)[O-])cc2)c1. The molecule has 0 saturated heterocycles. The molecule has 7 nitrogen and oxygen atoms in total. The average Bonchev–Trinajstić information content (AvgIpc) is 2.60. The van der Waals surface area contributed by atoms with Gasteiger partial charge in [0.15, 0.2) is 6.61 Å². The summed E-state index contributed by atoms with van der Waals surface area (Å²) in [5.74, 6) is 0.586. The third-order valence-corrected chi connectivity index (χ3v) is 3.66. The molecule has 0 fully saturated rings. The van der Waals surface area contributed by atoms with Crippen LogP contribution in [0.5, 0.6) is 5.75 Å². The Hall–Kier alpha value is -3.22. The summed E-state index contributed by atoms with van der Waals surface area (Å²) in [5, 5.41) is 14.4. The zero-order valence-corrected chi connectivity index (χ0v) is 14.9. The summed E-state index contributed by atoms with van der Waals surface area (Å²) < 4.78 is 5.63. The van der Waals surface area contributed by atoms with E-state index in [0.29, 0.717) is 11.3 Å². The molecule has 0 aliphatic rings. The van der Waals surface area contributed by atoms with E-state index in [4.69, 9.17) is 4.74 Å². The van der Waals surface area contributed by atoms with E-state index < -0.39 is 4.92 Å². The quantitative estimate of drug-likeness (QED) is 0.467. The summed E-state index contributed by atoms with van der Waals surface area (Å²) in [6, 6.07) is 11.8. The summed E-state index contributed by atoms with van der Waals surface area (Å²) in [6.45, 7) is 5.94. The standard InChI is InChI=1S/C19H21N3O4/c1-13(2)17-9-4-14(3)10-18(17)26-12-19(23)21-20-11-15-5-7-16(8-6-15)22(24)25/h4-11,13H,12H2,1-3H3,(H,21,23). The molecular formula is C19H21N3O4. The number of rotatable bonds is 7. The molecule has 7 heteroatoms. The monoisotopic (exact) mass is 355 g/mol. The topological polar surface area (TPSA) is 93.8 Å². The summed E-state index contributed by atoms with van der Waals surface area (Å²) >= 11 is 0. The third-order valence-electron chi connectivity index (χ3n) is 3.66. The van der Waals surface area contributed by atoms with Crippen molar-refractivity contribution < 1.29 is 14.5 Å². The van der Waals surface area contributed by atoms with Crippen LogP contribution in [0.15, 0.2) is 47.6 Å². The second kappa shape index (κ2) is 8.75. The fourth-order valence-electron chi connectivity index (χ4n) is 2.28. The average molecular weight is 355 g/mol. The van der Waals surface area contributed by atoms with Crippen molar-refractivity contribution in [1.82, 2.24) is 5.43 Å². The molecule has 2 rings (SSSR count). The van der Waals surface area contributed by atoms with Crippen molar-refractivity contribution in [1.29, 1.82) is 0 Å². The number of hydrogen-bond acceptors (Lipinski definition) is 5. The molecule has 0 spiro atoms. The number of benzene rings is 2. The highest BCUT2D eigenvalue weighted by atomic mass is 16.6. The van der Waals surface area contributed by atoms with Crippen molar-refractivity contribution in [3.05, 3.63) is 69.3 Å². The Bertz CT molecular complexity index is 814. The Morgan fingerprint density at radius 1 is 1.27 bits per heavy atom. The molecule has 0 aliphatic carbocycles. The number of non-ortho nitro benzene ring substituents is 1. The van der Waals surface area contributed by atoms with Gasteiger partial charge in [-0.3, -0.25) is 14.9 Å². The molecule has 0 aliphatic heterocycles. The predicted octanol–water partition coefficient (Wildman–Crippen LogP) is 3.56. The van der Waals surface area contributed by atoms with Gasteiger partial charge in [-0.15, -0.1) is 0 Å². The largest absolute Gasteiger partial charge is 0.483 e. The number of nitrogens with one attached hydrogen (secondary N) is 1. The molecule has 0 radical (unpaired) electrons. The first-order valence-corrected chi connectivity index (χ1v) is 8.16. The van der Waals surface area contributed by atoms with E-state index in [1.807, 2.05) is 25.1 Å². The number of carbonyl (C=O) groups is 1. The van der Waals surface area contributed by atoms with Crippen LogP contribution in [-0.2, 0) is 4.79 Å². The molecule has 0 unspecified atom stereocenters. The lowest BCUT2D eigenvalue weighted by molar-refractivity contribution is -0.384. The van der Waals surface area contributed by atoms with Crippen molar-refractivity contribution in [2.24, 2.45) is 5.10 Å². The smallest absolute Gasteiger partial charge is 0.277 e. The van der Waals surface area contributed by atoms with Gasteiger partial charge in [0.25, 0.3) is 11.6 Å². The number of nitro groups is 1. The maximum atomic E-state index is 11.9. The van der Waals surface area contributed by atoms with Gasteiger partial charge < -0.3 is 4.74 Å². The molecule has 1 amide bonds. The Morgan fingerprint density at radius 2 is 1.96 bits per heavy atom. The molecule has 136 valence electrons. The van der Waals surface area contributed by atoms with Gasteiger partial charge >= 0.3 is 0 Å². The number of ether oxygens (including phenoxy) is 1.